The Balaban J connectivity index is 1.67. The first-order chi connectivity index (χ1) is 8.36. The Bertz CT molecular complexity index is 386. The van der Waals surface area contributed by atoms with Gasteiger partial charge in [-0.25, -0.2) is 4.68 Å². The molecule has 3 heterocycles. The zero-order valence-corrected chi connectivity index (χ0v) is 10.5. The Morgan fingerprint density at radius 3 is 3.24 bits per heavy atom. The maximum atomic E-state index is 4.32. The molecule has 1 saturated heterocycles. The predicted molar refractivity (Wildman–Crippen MR) is 65.7 cm³/mol. The van der Waals surface area contributed by atoms with Crippen molar-refractivity contribution in [3.8, 4) is 0 Å². The monoisotopic (exact) mass is 235 g/mol. The van der Waals surface area contributed by atoms with Gasteiger partial charge < -0.3 is 10.2 Å². The summed E-state index contributed by atoms with van der Waals surface area (Å²) in [5, 5.41) is 11.9. The molecule has 1 aromatic rings. The highest BCUT2D eigenvalue weighted by Crippen LogP contribution is 2.19. The van der Waals surface area contributed by atoms with E-state index in [2.05, 4.69) is 32.1 Å². The molecule has 3 rings (SSSR count). The fourth-order valence-corrected chi connectivity index (χ4v) is 2.93. The molecule has 0 bridgehead atoms. The van der Waals surface area contributed by atoms with Crippen LogP contribution in [0.25, 0.3) is 0 Å². The number of hydrogen-bond acceptors (Lipinski definition) is 4. The van der Waals surface area contributed by atoms with E-state index in [0.717, 1.165) is 37.7 Å². The van der Waals surface area contributed by atoms with Gasteiger partial charge in [0, 0.05) is 32.6 Å². The minimum absolute atomic E-state index is 0.760. The molecule has 0 amide bonds. The van der Waals surface area contributed by atoms with Crippen LogP contribution in [-0.2, 0) is 19.5 Å². The Morgan fingerprint density at radius 1 is 1.47 bits per heavy atom. The highest BCUT2D eigenvalue weighted by atomic mass is 15.4. The van der Waals surface area contributed by atoms with Crippen LogP contribution in [-0.4, -0.2) is 46.1 Å². The second kappa shape index (κ2) is 4.74. The maximum absolute atomic E-state index is 4.32. The third kappa shape index (κ3) is 2.21. The summed E-state index contributed by atoms with van der Waals surface area (Å²) >= 11 is 0. The minimum atomic E-state index is 0.760. The standard InChI is InChI=1S/C12H21N5/c1-2-16-6-4-10(8-16)9-17-12-3-5-13-7-11(12)14-15-17/h10,13H,2-9H2,1H3. The van der Waals surface area contributed by atoms with Crippen molar-refractivity contribution < 1.29 is 0 Å². The molecule has 0 spiro atoms. The molecule has 5 nitrogen and oxygen atoms in total. The van der Waals surface area contributed by atoms with E-state index in [0.29, 0.717) is 0 Å². The molecule has 0 aliphatic carbocycles. The van der Waals surface area contributed by atoms with Gasteiger partial charge in [-0.3, -0.25) is 0 Å². The SMILES string of the molecule is CCN1CCC(Cn2nnc3c2CCNC3)C1. The van der Waals surface area contributed by atoms with Gasteiger partial charge in [-0.1, -0.05) is 12.1 Å². The van der Waals surface area contributed by atoms with Crippen molar-refractivity contribution in [3.05, 3.63) is 11.4 Å². The van der Waals surface area contributed by atoms with Gasteiger partial charge in [-0.05, 0) is 25.4 Å². The predicted octanol–water partition coefficient (Wildman–Crippen LogP) is 0.266. The number of fused-ring (bicyclic) bond motifs is 1. The van der Waals surface area contributed by atoms with Gasteiger partial charge in [-0.2, -0.15) is 0 Å². The zero-order chi connectivity index (χ0) is 11.7. The van der Waals surface area contributed by atoms with Crippen molar-refractivity contribution in [2.45, 2.75) is 32.9 Å². The molecule has 1 N–H and O–H groups in total. The molecule has 2 aliphatic rings. The number of nitrogens with zero attached hydrogens (tertiary/aromatic N) is 4. The summed E-state index contributed by atoms with van der Waals surface area (Å²) in [4.78, 5) is 2.52. The summed E-state index contributed by atoms with van der Waals surface area (Å²) in [7, 11) is 0. The molecule has 1 atom stereocenters. The van der Waals surface area contributed by atoms with Crippen LogP contribution < -0.4 is 5.32 Å². The van der Waals surface area contributed by atoms with Crippen molar-refractivity contribution >= 4 is 0 Å². The van der Waals surface area contributed by atoms with E-state index in [1.807, 2.05) is 0 Å². The van der Waals surface area contributed by atoms with Crippen LogP contribution in [0.4, 0.5) is 0 Å². The summed E-state index contributed by atoms with van der Waals surface area (Å²) in [6.45, 7) is 8.90. The van der Waals surface area contributed by atoms with Crippen LogP contribution in [0.3, 0.4) is 0 Å². The normalized spacial score (nSPS) is 25.1. The van der Waals surface area contributed by atoms with E-state index in [1.54, 1.807) is 0 Å². The summed E-state index contributed by atoms with van der Waals surface area (Å²) < 4.78 is 2.15. The Hall–Kier alpha value is -0.940. The van der Waals surface area contributed by atoms with Crippen molar-refractivity contribution in [3.63, 3.8) is 0 Å². The number of nitrogens with one attached hydrogen (secondary N) is 1. The lowest BCUT2D eigenvalue weighted by atomic mass is 10.1. The lowest BCUT2D eigenvalue weighted by Gasteiger charge is -2.16. The third-order valence-electron chi connectivity index (χ3n) is 4.00. The average molecular weight is 235 g/mol. The molecule has 1 aromatic heterocycles. The summed E-state index contributed by atoms with van der Waals surface area (Å²) in [5.41, 5.74) is 2.51. The van der Waals surface area contributed by atoms with Gasteiger partial charge in [-0.15, -0.1) is 5.10 Å². The van der Waals surface area contributed by atoms with E-state index >= 15 is 0 Å². The second-order valence-corrected chi connectivity index (χ2v) is 5.14. The molecule has 17 heavy (non-hydrogen) atoms. The number of rotatable bonds is 3. The van der Waals surface area contributed by atoms with Crippen molar-refractivity contribution in [2.75, 3.05) is 26.2 Å². The molecule has 0 saturated carbocycles. The lowest BCUT2D eigenvalue weighted by Crippen LogP contribution is -2.26. The fourth-order valence-electron chi connectivity index (χ4n) is 2.93. The van der Waals surface area contributed by atoms with Gasteiger partial charge in [0.15, 0.2) is 0 Å². The molecule has 94 valence electrons. The van der Waals surface area contributed by atoms with E-state index in [1.165, 1.54) is 31.7 Å². The smallest absolute Gasteiger partial charge is 0.0997 e. The molecular weight excluding hydrogens is 214 g/mol. The van der Waals surface area contributed by atoms with Gasteiger partial charge in [0.25, 0.3) is 0 Å². The van der Waals surface area contributed by atoms with E-state index in [-0.39, 0.29) is 0 Å². The van der Waals surface area contributed by atoms with E-state index < -0.39 is 0 Å². The Kier molecular flexibility index (Phi) is 3.11. The van der Waals surface area contributed by atoms with E-state index in [4.69, 9.17) is 0 Å². The molecule has 0 radical (unpaired) electrons. The fraction of sp³-hybridized carbons (Fsp3) is 0.833. The zero-order valence-electron chi connectivity index (χ0n) is 10.5. The van der Waals surface area contributed by atoms with Crippen molar-refractivity contribution in [2.24, 2.45) is 5.92 Å². The third-order valence-corrected chi connectivity index (χ3v) is 4.00. The van der Waals surface area contributed by atoms with Crippen LogP contribution in [0.15, 0.2) is 0 Å². The Morgan fingerprint density at radius 2 is 2.41 bits per heavy atom. The molecule has 1 unspecified atom stereocenters. The molecule has 0 aromatic carbocycles. The Labute approximate surface area is 102 Å². The first-order valence-corrected chi connectivity index (χ1v) is 6.71. The van der Waals surface area contributed by atoms with Gasteiger partial charge in [0.2, 0.25) is 0 Å². The maximum Gasteiger partial charge on any atom is 0.0997 e. The van der Waals surface area contributed by atoms with Crippen LogP contribution in [0.5, 0.6) is 0 Å². The number of likely N-dealkylation sites (tertiary alicyclic amines) is 1. The van der Waals surface area contributed by atoms with Crippen LogP contribution in [0.1, 0.15) is 24.7 Å². The van der Waals surface area contributed by atoms with Crippen LogP contribution in [0, 0.1) is 5.92 Å². The van der Waals surface area contributed by atoms with Crippen molar-refractivity contribution in [1.29, 1.82) is 0 Å². The number of aromatic nitrogens is 3. The molecule has 2 aliphatic heterocycles. The average Bonchev–Trinajstić information content (AvgIpc) is 2.97. The van der Waals surface area contributed by atoms with E-state index in [9.17, 15) is 0 Å². The van der Waals surface area contributed by atoms with Gasteiger partial charge >= 0.3 is 0 Å². The van der Waals surface area contributed by atoms with Gasteiger partial charge in [0.05, 0.1) is 11.4 Å². The van der Waals surface area contributed by atoms with Crippen molar-refractivity contribution in [1.82, 2.24) is 25.2 Å². The summed E-state index contributed by atoms with van der Waals surface area (Å²) in [6.07, 6.45) is 2.38. The topological polar surface area (TPSA) is 46.0 Å². The molecule has 1 fully saturated rings. The van der Waals surface area contributed by atoms with Crippen LogP contribution >= 0.6 is 0 Å². The van der Waals surface area contributed by atoms with Crippen LogP contribution in [0.2, 0.25) is 0 Å². The molecule has 5 heteroatoms. The largest absolute Gasteiger partial charge is 0.311 e. The first kappa shape index (κ1) is 11.2. The highest BCUT2D eigenvalue weighted by Gasteiger charge is 2.24. The minimum Gasteiger partial charge on any atom is -0.311 e. The first-order valence-electron chi connectivity index (χ1n) is 6.71. The lowest BCUT2D eigenvalue weighted by molar-refractivity contribution is 0.326. The van der Waals surface area contributed by atoms with Gasteiger partial charge in [0.1, 0.15) is 0 Å². The number of hydrogen-bond donors (Lipinski definition) is 1. The molecular formula is C12H21N5. The highest BCUT2D eigenvalue weighted by molar-refractivity contribution is 5.13. The quantitative estimate of drug-likeness (QED) is 0.816. The summed E-state index contributed by atoms with van der Waals surface area (Å²) in [5.74, 6) is 0.760. The summed E-state index contributed by atoms with van der Waals surface area (Å²) in [6, 6.07) is 0. The second-order valence-electron chi connectivity index (χ2n) is 5.14.